The van der Waals surface area contributed by atoms with E-state index in [0.29, 0.717) is 11.7 Å². The molecule has 0 aliphatic carbocycles. The zero-order valence-electron chi connectivity index (χ0n) is 15.8. The van der Waals surface area contributed by atoms with Gasteiger partial charge in [-0.05, 0) is 32.3 Å². The maximum Gasteiger partial charge on any atom is 0.282 e. The number of piperidine rings is 1. The maximum absolute atomic E-state index is 12.2. The monoisotopic (exact) mass is 385 g/mol. The minimum atomic E-state index is -0.572. The fourth-order valence-electron chi connectivity index (χ4n) is 3.12. The molecule has 1 aliphatic rings. The van der Waals surface area contributed by atoms with E-state index < -0.39 is 10.8 Å². The van der Waals surface area contributed by atoms with E-state index in [1.807, 2.05) is 13.0 Å². The zero-order valence-corrected chi connectivity index (χ0v) is 15.8. The number of nitro benzene ring substituents is 1. The van der Waals surface area contributed by atoms with E-state index in [4.69, 9.17) is 4.74 Å². The first-order valence-electron chi connectivity index (χ1n) is 9.29. The van der Waals surface area contributed by atoms with Crippen molar-refractivity contribution >= 4 is 17.4 Å². The van der Waals surface area contributed by atoms with Gasteiger partial charge in [0, 0.05) is 25.2 Å². The third-order valence-corrected chi connectivity index (χ3v) is 4.46. The Kier molecular flexibility index (Phi) is 6.36. The van der Waals surface area contributed by atoms with Gasteiger partial charge in [-0.15, -0.1) is 0 Å². The van der Waals surface area contributed by atoms with Gasteiger partial charge in [0.1, 0.15) is 23.8 Å². The fraction of sp³-hybridized carbons (Fsp3) is 0.421. The molecule has 0 unspecified atom stereocenters. The average molecular weight is 385 g/mol. The summed E-state index contributed by atoms with van der Waals surface area (Å²) in [6, 6.07) is 7.64. The summed E-state index contributed by atoms with van der Waals surface area (Å²) in [5, 5.41) is 13.7. The molecule has 1 saturated heterocycles. The van der Waals surface area contributed by atoms with Crippen molar-refractivity contribution in [2.45, 2.75) is 26.2 Å². The summed E-state index contributed by atoms with van der Waals surface area (Å²) in [5.74, 6) is 1.42. The molecular formula is C19H23N5O4. The third-order valence-electron chi connectivity index (χ3n) is 4.46. The molecular weight excluding hydrogens is 362 g/mol. The van der Waals surface area contributed by atoms with E-state index >= 15 is 0 Å². The van der Waals surface area contributed by atoms with Gasteiger partial charge in [0.05, 0.1) is 11.5 Å². The topological polar surface area (TPSA) is 110 Å². The molecule has 1 fully saturated rings. The van der Waals surface area contributed by atoms with Crippen molar-refractivity contribution in [3.8, 4) is 5.88 Å². The standard InChI is InChI=1S/C19H23N5O4/c1-14-21-17(23-10-5-2-6-11-23)13-18(22-14)28-12-9-20-19(25)15-7-3-4-8-16(15)24(26)27/h3-4,7-8,13H,2,5-6,9-12H2,1H3,(H,20,25). The SMILES string of the molecule is Cc1nc(OCCNC(=O)c2ccccc2[N+](=O)[O-])cc(N2CCCCC2)n1. The number of nitrogens with zero attached hydrogens (tertiary/aromatic N) is 4. The smallest absolute Gasteiger partial charge is 0.282 e. The van der Waals surface area contributed by atoms with Crippen molar-refractivity contribution in [3.63, 3.8) is 0 Å². The van der Waals surface area contributed by atoms with Crippen LogP contribution < -0.4 is 15.0 Å². The van der Waals surface area contributed by atoms with Gasteiger partial charge in [-0.2, -0.15) is 4.98 Å². The van der Waals surface area contributed by atoms with Gasteiger partial charge >= 0.3 is 0 Å². The Morgan fingerprint density at radius 3 is 2.75 bits per heavy atom. The summed E-state index contributed by atoms with van der Waals surface area (Å²) >= 11 is 0. The molecule has 1 aliphatic heterocycles. The van der Waals surface area contributed by atoms with Gasteiger partial charge in [0.25, 0.3) is 11.6 Å². The molecule has 0 bridgehead atoms. The summed E-state index contributed by atoms with van der Waals surface area (Å²) in [6.07, 6.45) is 3.54. The third kappa shape index (κ3) is 4.93. The highest BCUT2D eigenvalue weighted by atomic mass is 16.6. The number of carbonyl (C=O) groups is 1. The highest BCUT2D eigenvalue weighted by Gasteiger charge is 2.19. The number of rotatable bonds is 7. The first kappa shape index (κ1) is 19.5. The second-order valence-corrected chi connectivity index (χ2v) is 6.54. The Labute approximate surface area is 162 Å². The second kappa shape index (κ2) is 9.12. The van der Waals surface area contributed by atoms with Crippen LogP contribution in [-0.2, 0) is 0 Å². The summed E-state index contributed by atoms with van der Waals surface area (Å²) in [4.78, 5) is 33.6. The van der Waals surface area contributed by atoms with Gasteiger partial charge < -0.3 is 15.0 Å². The van der Waals surface area contributed by atoms with Crippen LogP contribution in [0.5, 0.6) is 5.88 Å². The largest absolute Gasteiger partial charge is 0.476 e. The van der Waals surface area contributed by atoms with Gasteiger partial charge in [0.2, 0.25) is 5.88 Å². The fourth-order valence-corrected chi connectivity index (χ4v) is 3.12. The van der Waals surface area contributed by atoms with Crippen LogP contribution in [0.2, 0.25) is 0 Å². The lowest BCUT2D eigenvalue weighted by molar-refractivity contribution is -0.385. The first-order chi connectivity index (χ1) is 13.5. The zero-order chi connectivity index (χ0) is 19.9. The molecule has 1 aromatic heterocycles. The Bertz CT molecular complexity index is 852. The number of benzene rings is 1. The van der Waals surface area contributed by atoms with E-state index in [-0.39, 0.29) is 24.4 Å². The number of anilines is 1. The molecule has 1 amide bonds. The lowest BCUT2D eigenvalue weighted by Gasteiger charge is -2.28. The number of carbonyl (C=O) groups excluding carboxylic acids is 1. The van der Waals surface area contributed by atoms with Crippen LogP contribution in [0.15, 0.2) is 30.3 Å². The molecule has 1 N–H and O–H groups in total. The number of aromatic nitrogens is 2. The van der Waals surface area contributed by atoms with Crippen LogP contribution in [0, 0.1) is 17.0 Å². The van der Waals surface area contributed by atoms with E-state index in [1.54, 1.807) is 6.07 Å². The molecule has 3 rings (SSSR count). The Balaban J connectivity index is 1.55. The molecule has 9 heteroatoms. The first-order valence-corrected chi connectivity index (χ1v) is 9.29. The lowest BCUT2D eigenvalue weighted by atomic mass is 10.1. The number of aryl methyl sites for hydroxylation is 1. The van der Waals surface area contributed by atoms with Gasteiger partial charge in [-0.25, -0.2) is 4.98 Å². The quantitative estimate of drug-likeness (QED) is 0.443. The average Bonchev–Trinajstić information content (AvgIpc) is 2.71. The number of para-hydroxylation sites is 1. The molecule has 148 valence electrons. The van der Waals surface area contributed by atoms with Crippen LogP contribution >= 0.6 is 0 Å². The Morgan fingerprint density at radius 2 is 2.00 bits per heavy atom. The number of nitro groups is 1. The minimum Gasteiger partial charge on any atom is -0.476 e. The summed E-state index contributed by atoms with van der Waals surface area (Å²) in [5.41, 5.74) is -0.198. The number of ether oxygens (including phenoxy) is 1. The molecule has 0 radical (unpaired) electrons. The van der Waals surface area contributed by atoms with Crippen molar-refractivity contribution < 1.29 is 14.5 Å². The molecule has 0 saturated carbocycles. The predicted molar refractivity (Wildman–Crippen MR) is 104 cm³/mol. The number of nitrogens with one attached hydrogen (secondary N) is 1. The van der Waals surface area contributed by atoms with Crippen molar-refractivity contribution in [1.29, 1.82) is 0 Å². The predicted octanol–water partition coefficient (Wildman–Crippen LogP) is 2.49. The van der Waals surface area contributed by atoms with Crippen LogP contribution in [0.1, 0.15) is 35.4 Å². The Hall–Kier alpha value is -3.23. The van der Waals surface area contributed by atoms with Gasteiger partial charge in [0.15, 0.2) is 0 Å². The summed E-state index contributed by atoms with van der Waals surface area (Å²) in [7, 11) is 0. The molecule has 1 aromatic carbocycles. The van der Waals surface area contributed by atoms with Crippen molar-refractivity contribution in [2.24, 2.45) is 0 Å². The normalized spacial score (nSPS) is 13.8. The van der Waals surface area contributed by atoms with E-state index in [9.17, 15) is 14.9 Å². The second-order valence-electron chi connectivity index (χ2n) is 6.54. The highest BCUT2D eigenvalue weighted by molar-refractivity contribution is 5.98. The molecule has 2 aromatic rings. The van der Waals surface area contributed by atoms with Crippen molar-refractivity contribution in [2.75, 3.05) is 31.1 Å². The van der Waals surface area contributed by atoms with Crippen LogP contribution in [0.3, 0.4) is 0 Å². The van der Waals surface area contributed by atoms with Crippen LogP contribution in [0.25, 0.3) is 0 Å². The van der Waals surface area contributed by atoms with E-state index in [0.717, 1.165) is 31.7 Å². The summed E-state index contributed by atoms with van der Waals surface area (Å²) in [6.45, 7) is 4.16. The highest BCUT2D eigenvalue weighted by Crippen LogP contribution is 2.21. The minimum absolute atomic E-state index is 0.0257. The van der Waals surface area contributed by atoms with Gasteiger partial charge in [-0.3, -0.25) is 14.9 Å². The molecule has 2 heterocycles. The van der Waals surface area contributed by atoms with Crippen molar-refractivity contribution in [3.05, 3.63) is 51.8 Å². The Morgan fingerprint density at radius 1 is 1.25 bits per heavy atom. The number of hydrogen-bond acceptors (Lipinski definition) is 7. The van der Waals surface area contributed by atoms with E-state index in [1.165, 1.54) is 24.6 Å². The molecule has 9 nitrogen and oxygen atoms in total. The van der Waals surface area contributed by atoms with Crippen LogP contribution in [-0.4, -0.2) is 47.0 Å². The molecule has 28 heavy (non-hydrogen) atoms. The van der Waals surface area contributed by atoms with Gasteiger partial charge in [-0.1, -0.05) is 12.1 Å². The number of amides is 1. The number of hydrogen-bond donors (Lipinski definition) is 1. The maximum atomic E-state index is 12.2. The van der Waals surface area contributed by atoms with E-state index in [2.05, 4.69) is 20.2 Å². The molecule has 0 spiro atoms. The van der Waals surface area contributed by atoms with Crippen molar-refractivity contribution in [1.82, 2.24) is 15.3 Å². The lowest BCUT2D eigenvalue weighted by Crippen LogP contribution is -2.30. The van der Waals surface area contributed by atoms with Crippen LogP contribution in [0.4, 0.5) is 11.5 Å². The summed E-state index contributed by atoms with van der Waals surface area (Å²) < 4.78 is 5.66. The molecule has 0 atom stereocenters.